The van der Waals surface area contributed by atoms with E-state index in [0.717, 1.165) is 5.71 Å². The van der Waals surface area contributed by atoms with Gasteiger partial charge in [0.1, 0.15) is 17.0 Å². The highest BCUT2D eigenvalue weighted by molar-refractivity contribution is 6.67. The van der Waals surface area contributed by atoms with Crippen molar-refractivity contribution in [1.82, 2.24) is 5.32 Å². The molecule has 0 aromatic heterocycles. The van der Waals surface area contributed by atoms with Gasteiger partial charge in [0.05, 0.1) is 0 Å². The first-order valence-electron chi connectivity index (χ1n) is 5.10. The summed E-state index contributed by atoms with van der Waals surface area (Å²) in [4.78, 5) is 19.5. The zero-order valence-electron chi connectivity index (χ0n) is 10.2. The summed E-state index contributed by atoms with van der Waals surface area (Å²) < 4.78 is 0. The molecular formula is C10H18ClN5O. The Bertz CT molecular complexity index is 351. The Kier molecular flexibility index (Phi) is 7.32. The molecule has 1 atom stereocenters. The predicted octanol–water partition coefficient (Wildman–Crippen LogP) is 0.545. The molecule has 0 aliphatic rings. The van der Waals surface area contributed by atoms with Crippen molar-refractivity contribution in [2.45, 2.75) is 25.9 Å². The van der Waals surface area contributed by atoms with Crippen LogP contribution in [0.2, 0.25) is 0 Å². The van der Waals surface area contributed by atoms with Crippen molar-refractivity contribution in [2.75, 3.05) is 14.1 Å². The summed E-state index contributed by atoms with van der Waals surface area (Å²) in [6, 6.07) is 0. The predicted molar refractivity (Wildman–Crippen MR) is 71.3 cm³/mol. The van der Waals surface area contributed by atoms with Gasteiger partial charge in [-0.15, -0.1) is 0 Å². The molecule has 0 rings (SSSR count). The zero-order valence-corrected chi connectivity index (χ0v) is 11.0. The highest BCUT2D eigenvalue weighted by atomic mass is 35.5. The van der Waals surface area contributed by atoms with Crippen LogP contribution in [-0.2, 0) is 4.79 Å². The normalized spacial score (nSPS) is 14.4. The fraction of sp³-hybridized carbons (Fsp3) is 0.600. The van der Waals surface area contributed by atoms with Crippen molar-refractivity contribution in [2.24, 2.45) is 15.7 Å². The van der Waals surface area contributed by atoms with Crippen LogP contribution in [0.3, 0.4) is 0 Å². The third-order valence-electron chi connectivity index (χ3n) is 2.02. The number of hydrogen-bond donors (Lipinski definition) is 3. The van der Waals surface area contributed by atoms with E-state index < -0.39 is 6.17 Å². The average molecular weight is 260 g/mol. The topological polar surface area (TPSA) is 104 Å². The van der Waals surface area contributed by atoms with Crippen LogP contribution in [0.25, 0.3) is 0 Å². The number of halogens is 1. The Morgan fingerprint density at radius 1 is 1.59 bits per heavy atom. The fourth-order valence-electron chi connectivity index (χ4n) is 1.12. The summed E-state index contributed by atoms with van der Waals surface area (Å²) in [7, 11) is 3.15. The van der Waals surface area contributed by atoms with Crippen LogP contribution >= 0.6 is 11.6 Å². The van der Waals surface area contributed by atoms with Crippen LogP contribution in [0.15, 0.2) is 9.98 Å². The van der Waals surface area contributed by atoms with Gasteiger partial charge in [-0.1, -0.05) is 11.6 Å². The number of nitrogens with one attached hydrogen (secondary N) is 2. The number of carbonyl (C=O) groups excluding carboxylic acids is 1. The van der Waals surface area contributed by atoms with E-state index in [4.69, 9.17) is 22.7 Å². The van der Waals surface area contributed by atoms with Crippen molar-refractivity contribution in [3.8, 4) is 0 Å². The molecule has 0 radical (unpaired) electrons. The van der Waals surface area contributed by atoms with Gasteiger partial charge < -0.3 is 11.1 Å². The number of rotatable bonds is 6. The van der Waals surface area contributed by atoms with Gasteiger partial charge in [-0.2, -0.15) is 0 Å². The van der Waals surface area contributed by atoms with Gasteiger partial charge in [-0.05, 0) is 6.92 Å². The van der Waals surface area contributed by atoms with E-state index in [1.54, 1.807) is 7.05 Å². The summed E-state index contributed by atoms with van der Waals surface area (Å²) in [5.74, 6) is -0.378. The first-order chi connectivity index (χ1) is 7.90. The summed E-state index contributed by atoms with van der Waals surface area (Å²) >= 11 is 5.45. The lowest BCUT2D eigenvalue weighted by molar-refractivity contribution is -0.114. The quantitative estimate of drug-likeness (QED) is 0.606. The highest BCUT2D eigenvalue weighted by Crippen LogP contribution is 2.00. The molecule has 6 nitrogen and oxygen atoms in total. The first kappa shape index (κ1) is 15.7. The van der Waals surface area contributed by atoms with E-state index in [0.29, 0.717) is 6.42 Å². The minimum Gasteiger partial charge on any atom is -0.354 e. The maximum absolute atomic E-state index is 11.5. The van der Waals surface area contributed by atoms with Gasteiger partial charge in [0.25, 0.3) is 5.91 Å². The Labute approximate surface area is 106 Å². The van der Waals surface area contributed by atoms with Gasteiger partial charge in [-0.3, -0.25) is 20.2 Å². The van der Waals surface area contributed by atoms with E-state index in [9.17, 15) is 4.79 Å². The Morgan fingerprint density at radius 2 is 2.18 bits per heavy atom. The second-order valence-corrected chi connectivity index (χ2v) is 3.92. The molecule has 0 aliphatic carbocycles. The van der Waals surface area contributed by atoms with Gasteiger partial charge in [0.15, 0.2) is 0 Å². The number of aliphatic imine (C=N–C) groups is 2. The maximum Gasteiger partial charge on any atom is 0.265 e. The van der Waals surface area contributed by atoms with Crippen molar-refractivity contribution in [1.29, 1.82) is 5.41 Å². The van der Waals surface area contributed by atoms with Gasteiger partial charge >= 0.3 is 0 Å². The summed E-state index contributed by atoms with van der Waals surface area (Å²) in [5.41, 5.74) is 6.76. The second-order valence-electron chi connectivity index (χ2n) is 3.47. The molecule has 0 heterocycles. The minimum absolute atomic E-state index is 0.0166. The Balaban J connectivity index is 4.78. The molecule has 0 spiro atoms. The number of carbonyl (C=O) groups is 1. The van der Waals surface area contributed by atoms with E-state index in [2.05, 4.69) is 15.3 Å². The monoisotopic (exact) mass is 259 g/mol. The average Bonchev–Trinajstić information content (AvgIpc) is 2.26. The maximum atomic E-state index is 11.5. The molecule has 0 aromatic carbocycles. The zero-order chi connectivity index (χ0) is 13.4. The van der Waals surface area contributed by atoms with Crippen molar-refractivity contribution >= 4 is 34.1 Å². The lowest BCUT2D eigenvalue weighted by Crippen LogP contribution is -2.32. The van der Waals surface area contributed by atoms with E-state index in [1.807, 2.05) is 6.92 Å². The molecule has 7 heteroatoms. The first-order valence-corrected chi connectivity index (χ1v) is 5.48. The number of amides is 1. The summed E-state index contributed by atoms with van der Waals surface area (Å²) in [6.45, 7) is 1.83. The van der Waals surface area contributed by atoms with E-state index in [-0.39, 0.29) is 23.2 Å². The SMILES string of the molecule is CN=C(C)CC(N)N=C(CC(=N)Cl)C(=O)NC. The lowest BCUT2D eigenvalue weighted by atomic mass is 10.2. The molecule has 0 bridgehead atoms. The molecular weight excluding hydrogens is 242 g/mol. The molecule has 96 valence electrons. The third-order valence-corrected chi connectivity index (χ3v) is 2.15. The third kappa shape index (κ3) is 6.80. The van der Waals surface area contributed by atoms with Crippen LogP contribution in [0, 0.1) is 5.41 Å². The molecule has 0 aliphatic heterocycles. The molecule has 1 unspecified atom stereocenters. The Hall–Kier alpha value is -1.27. The van der Waals surface area contributed by atoms with E-state index in [1.165, 1.54) is 7.05 Å². The van der Waals surface area contributed by atoms with Crippen LogP contribution in [0.4, 0.5) is 0 Å². The molecule has 4 N–H and O–H groups in total. The van der Waals surface area contributed by atoms with Crippen LogP contribution in [0.5, 0.6) is 0 Å². The second kappa shape index (κ2) is 7.92. The van der Waals surface area contributed by atoms with Crippen molar-refractivity contribution in [3.05, 3.63) is 0 Å². The summed E-state index contributed by atoms with van der Waals surface area (Å²) in [6.07, 6.45) is -0.105. The van der Waals surface area contributed by atoms with E-state index >= 15 is 0 Å². The number of nitrogens with two attached hydrogens (primary N) is 1. The molecule has 0 aromatic rings. The van der Waals surface area contributed by atoms with Crippen LogP contribution < -0.4 is 11.1 Å². The largest absolute Gasteiger partial charge is 0.354 e. The fourth-order valence-corrected chi connectivity index (χ4v) is 1.24. The smallest absolute Gasteiger partial charge is 0.265 e. The van der Waals surface area contributed by atoms with Gasteiger partial charge in [-0.25, -0.2) is 0 Å². The van der Waals surface area contributed by atoms with Crippen molar-refractivity contribution in [3.63, 3.8) is 0 Å². The number of nitrogens with zero attached hydrogens (tertiary/aromatic N) is 2. The van der Waals surface area contributed by atoms with Crippen LogP contribution in [-0.4, -0.2) is 42.8 Å². The lowest BCUT2D eigenvalue weighted by Gasteiger charge is -2.09. The molecule has 0 saturated carbocycles. The molecule has 0 fully saturated rings. The van der Waals surface area contributed by atoms with Gasteiger partial charge in [0.2, 0.25) is 0 Å². The molecule has 1 amide bonds. The minimum atomic E-state index is -0.554. The Morgan fingerprint density at radius 3 is 2.59 bits per heavy atom. The van der Waals surface area contributed by atoms with Gasteiger partial charge in [0, 0.05) is 32.6 Å². The molecule has 17 heavy (non-hydrogen) atoms. The van der Waals surface area contributed by atoms with Crippen LogP contribution in [0.1, 0.15) is 19.8 Å². The summed E-state index contributed by atoms with van der Waals surface area (Å²) in [5, 5.41) is 9.44. The molecule has 0 saturated heterocycles. The number of hydrogen-bond acceptors (Lipinski definition) is 5. The van der Waals surface area contributed by atoms with Crippen molar-refractivity contribution < 1.29 is 4.79 Å². The highest BCUT2D eigenvalue weighted by Gasteiger charge is 2.13. The standard InChI is InChI=1S/C10H18ClN5O/c1-6(14-2)4-9(13)16-7(5-8(11)12)10(17)15-3/h9,12H,4-5,13H2,1-3H3,(H,15,17).